The minimum absolute atomic E-state index is 0.198. The van der Waals surface area contributed by atoms with Gasteiger partial charge in [0, 0.05) is 5.82 Å². The third-order valence-corrected chi connectivity index (χ3v) is 4.45. The van der Waals surface area contributed by atoms with Gasteiger partial charge in [-0.05, 0) is 46.6 Å². The van der Waals surface area contributed by atoms with Gasteiger partial charge in [0.15, 0.2) is 0 Å². The summed E-state index contributed by atoms with van der Waals surface area (Å²) in [7, 11) is -0.198. The quantitative estimate of drug-likeness (QED) is 0.537. The highest BCUT2D eigenvalue weighted by molar-refractivity contribution is 6.48. The van der Waals surface area contributed by atoms with E-state index in [1.54, 1.807) is 6.26 Å². The van der Waals surface area contributed by atoms with Crippen LogP contribution in [0.4, 0.5) is 0 Å². The summed E-state index contributed by atoms with van der Waals surface area (Å²) in [5, 5.41) is 0. The molecule has 1 rings (SSSR count). The van der Waals surface area contributed by atoms with Gasteiger partial charge in [-0.15, -0.1) is 0 Å². The van der Waals surface area contributed by atoms with E-state index in [0.29, 0.717) is 12.5 Å². The highest BCUT2D eigenvalue weighted by Crippen LogP contribution is 2.42. The lowest BCUT2D eigenvalue weighted by molar-refractivity contribution is 0.00578. The molecule has 2 atom stereocenters. The molecule has 0 radical (unpaired) electrons. The Bertz CT molecular complexity index is 297. The molecule has 19 heavy (non-hydrogen) atoms. The first-order chi connectivity index (χ1) is 8.75. The second-order valence-corrected chi connectivity index (χ2v) is 6.37. The average Bonchev–Trinajstić information content (AvgIpc) is 2.53. The van der Waals surface area contributed by atoms with E-state index in [4.69, 9.17) is 14.0 Å². The molecule has 1 aliphatic rings. The van der Waals surface area contributed by atoms with E-state index in [2.05, 4.69) is 47.6 Å². The zero-order valence-electron chi connectivity index (χ0n) is 13.5. The van der Waals surface area contributed by atoms with Gasteiger partial charge in [-0.1, -0.05) is 20.3 Å². The Balaban J connectivity index is 2.83. The molecule has 110 valence electrons. The Morgan fingerprint density at radius 2 is 1.63 bits per heavy atom. The maximum Gasteiger partial charge on any atom is 0.465 e. The first-order valence-corrected chi connectivity index (χ1v) is 7.39. The molecular formula is C15H29BO3. The molecule has 0 bridgehead atoms. The summed E-state index contributed by atoms with van der Waals surface area (Å²) in [6.45, 7) is 15.5. The molecule has 3 nitrogen and oxygen atoms in total. The zero-order chi connectivity index (χ0) is 14.7. The minimum Gasteiger partial charge on any atom is -0.502 e. The highest BCUT2D eigenvalue weighted by Gasteiger charge is 2.53. The fourth-order valence-corrected chi connectivity index (χ4v) is 2.11. The van der Waals surface area contributed by atoms with Crippen LogP contribution in [0, 0.1) is 5.92 Å². The first kappa shape index (κ1) is 16.6. The summed E-state index contributed by atoms with van der Waals surface area (Å²) in [6.07, 6.45) is 4.95. The first-order valence-electron chi connectivity index (χ1n) is 7.39. The van der Waals surface area contributed by atoms with Crippen molar-refractivity contribution in [1.82, 2.24) is 0 Å². The van der Waals surface area contributed by atoms with Crippen LogP contribution in [-0.2, 0) is 14.0 Å². The van der Waals surface area contributed by atoms with Crippen LogP contribution >= 0.6 is 0 Å². The van der Waals surface area contributed by atoms with Crippen LogP contribution < -0.4 is 0 Å². The lowest BCUT2D eigenvalue weighted by Crippen LogP contribution is -2.41. The maximum absolute atomic E-state index is 6.15. The number of hydrogen-bond donors (Lipinski definition) is 0. The molecule has 0 aromatic carbocycles. The van der Waals surface area contributed by atoms with Crippen LogP contribution in [0.15, 0.2) is 12.3 Å². The fourth-order valence-electron chi connectivity index (χ4n) is 2.11. The predicted molar refractivity (Wildman–Crippen MR) is 80.1 cm³/mol. The SMILES string of the molecule is CCO/C=C/C(B1OC(C)(C)C(C)(C)O1)C(C)CC. The number of rotatable bonds is 6. The topological polar surface area (TPSA) is 27.7 Å². The van der Waals surface area contributed by atoms with Gasteiger partial charge in [-0.25, -0.2) is 0 Å². The van der Waals surface area contributed by atoms with Crippen LogP contribution in [0.5, 0.6) is 0 Å². The summed E-state index contributed by atoms with van der Waals surface area (Å²) < 4.78 is 17.6. The van der Waals surface area contributed by atoms with Crippen molar-refractivity contribution in [1.29, 1.82) is 0 Å². The third kappa shape index (κ3) is 3.76. The Hall–Kier alpha value is -0.475. The molecule has 0 aromatic rings. The molecule has 2 unspecified atom stereocenters. The van der Waals surface area contributed by atoms with Crippen LogP contribution in [0.25, 0.3) is 0 Å². The van der Waals surface area contributed by atoms with Gasteiger partial charge in [0.05, 0.1) is 24.1 Å². The Kier molecular flexibility index (Phi) is 5.51. The predicted octanol–water partition coefficient (Wildman–Crippen LogP) is 4.05. The normalized spacial score (nSPS) is 24.7. The molecule has 1 heterocycles. The summed E-state index contributed by atoms with van der Waals surface area (Å²) in [4.78, 5) is 0. The maximum atomic E-state index is 6.15. The lowest BCUT2D eigenvalue weighted by Gasteiger charge is -2.32. The molecule has 0 aliphatic carbocycles. The molecule has 1 aliphatic heterocycles. The van der Waals surface area contributed by atoms with E-state index in [1.807, 2.05) is 6.92 Å². The van der Waals surface area contributed by atoms with Crippen molar-refractivity contribution in [3.8, 4) is 0 Å². The van der Waals surface area contributed by atoms with Crippen molar-refractivity contribution in [2.24, 2.45) is 5.92 Å². The van der Waals surface area contributed by atoms with Crippen LogP contribution in [-0.4, -0.2) is 24.9 Å². The second kappa shape index (κ2) is 6.32. The monoisotopic (exact) mass is 268 g/mol. The van der Waals surface area contributed by atoms with Gasteiger partial charge >= 0.3 is 7.12 Å². The third-order valence-electron chi connectivity index (χ3n) is 4.45. The van der Waals surface area contributed by atoms with Gasteiger partial charge < -0.3 is 14.0 Å². The molecule has 0 spiro atoms. The van der Waals surface area contributed by atoms with E-state index in [9.17, 15) is 0 Å². The standard InChI is InChI=1S/C15H29BO3/c1-8-12(3)13(10-11-17-9-2)16-18-14(4,5)15(6,7)19-16/h10-13H,8-9H2,1-7H3/b11-10+. The van der Waals surface area contributed by atoms with Crippen molar-refractivity contribution in [2.75, 3.05) is 6.61 Å². The Labute approximate surface area is 118 Å². The second-order valence-electron chi connectivity index (χ2n) is 6.37. The minimum atomic E-state index is -0.275. The Morgan fingerprint density at radius 1 is 1.11 bits per heavy atom. The summed E-state index contributed by atoms with van der Waals surface area (Å²) in [5.74, 6) is 0.712. The van der Waals surface area contributed by atoms with Crippen molar-refractivity contribution >= 4 is 7.12 Å². The smallest absolute Gasteiger partial charge is 0.465 e. The molecule has 0 saturated carbocycles. The highest BCUT2D eigenvalue weighted by atomic mass is 16.7. The van der Waals surface area contributed by atoms with Crippen LogP contribution in [0.2, 0.25) is 5.82 Å². The van der Waals surface area contributed by atoms with Gasteiger partial charge in [0.1, 0.15) is 0 Å². The lowest BCUT2D eigenvalue weighted by atomic mass is 9.64. The van der Waals surface area contributed by atoms with Crippen molar-refractivity contribution in [3.05, 3.63) is 12.3 Å². The molecule has 1 fully saturated rings. The number of hydrogen-bond acceptors (Lipinski definition) is 3. The van der Waals surface area contributed by atoms with Gasteiger partial charge in [-0.3, -0.25) is 0 Å². The van der Waals surface area contributed by atoms with Crippen molar-refractivity contribution < 1.29 is 14.0 Å². The average molecular weight is 268 g/mol. The van der Waals surface area contributed by atoms with Gasteiger partial charge in [0.2, 0.25) is 0 Å². The fraction of sp³-hybridized carbons (Fsp3) is 0.867. The molecule has 0 amide bonds. The molecular weight excluding hydrogens is 239 g/mol. The largest absolute Gasteiger partial charge is 0.502 e. The molecule has 1 saturated heterocycles. The van der Waals surface area contributed by atoms with Crippen LogP contribution in [0.1, 0.15) is 54.9 Å². The van der Waals surface area contributed by atoms with Gasteiger partial charge in [-0.2, -0.15) is 0 Å². The zero-order valence-corrected chi connectivity index (χ0v) is 13.5. The molecule has 4 heteroatoms. The number of allylic oxidation sites excluding steroid dienone is 1. The van der Waals surface area contributed by atoms with E-state index >= 15 is 0 Å². The van der Waals surface area contributed by atoms with Crippen molar-refractivity contribution in [2.45, 2.75) is 71.9 Å². The Morgan fingerprint density at radius 3 is 2.05 bits per heavy atom. The molecule has 0 aromatic heterocycles. The molecule has 0 N–H and O–H groups in total. The number of ether oxygens (including phenoxy) is 1. The van der Waals surface area contributed by atoms with E-state index in [1.165, 1.54) is 0 Å². The van der Waals surface area contributed by atoms with E-state index in [-0.39, 0.29) is 24.1 Å². The summed E-state index contributed by atoms with van der Waals surface area (Å²) in [6, 6.07) is 0. The van der Waals surface area contributed by atoms with E-state index in [0.717, 1.165) is 6.42 Å². The van der Waals surface area contributed by atoms with Crippen LogP contribution in [0.3, 0.4) is 0 Å². The summed E-state index contributed by atoms with van der Waals surface area (Å²) in [5.41, 5.74) is -0.550. The van der Waals surface area contributed by atoms with Gasteiger partial charge in [0.25, 0.3) is 0 Å². The van der Waals surface area contributed by atoms with E-state index < -0.39 is 0 Å². The summed E-state index contributed by atoms with van der Waals surface area (Å²) >= 11 is 0. The van der Waals surface area contributed by atoms with Crippen molar-refractivity contribution in [3.63, 3.8) is 0 Å².